The fourth-order valence-corrected chi connectivity index (χ4v) is 6.15. The smallest absolute Gasteiger partial charge is 0.246 e. The van der Waals surface area contributed by atoms with Crippen LogP contribution in [0.25, 0.3) is 11.4 Å². The third-order valence-electron chi connectivity index (χ3n) is 5.29. The third-order valence-corrected chi connectivity index (χ3v) is 8.15. The van der Waals surface area contributed by atoms with Gasteiger partial charge in [0.1, 0.15) is 4.90 Å². The SMILES string of the molecule is O=C(Nc1cnc(-c2ccccc2)nc1)C1CCN(S(=O)(=O)c2c(Cl)cccc2Cl)CC1. The molecule has 1 aliphatic rings. The standard InChI is InChI=1S/C22H20Cl2N4O3S/c23-18-7-4-8-19(24)20(18)32(30,31)28-11-9-16(10-12-28)22(29)27-17-13-25-21(26-14-17)15-5-2-1-3-6-15/h1-8,13-14,16H,9-12H2,(H,27,29). The van der Waals surface area contributed by atoms with Crippen LogP contribution >= 0.6 is 23.2 Å². The number of rotatable bonds is 5. The van der Waals surface area contributed by atoms with E-state index in [1.54, 1.807) is 18.5 Å². The minimum absolute atomic E-state index is 0.0799. The Morgan fingerprint density at radius 3 is 2.12 bits per heavy atom. The summed E-state index contributed by atoms with van der Waals surface area (Å²) in [6.07, 6.45) is 3.89. The topological polar surface area (TPSA) is 92.3 Å². The van der Waals surface area contributed by atoms with Crippen molar-refractivity contribution in [2.45, 2.75) is 17.7 Å². The second-order valence-corrected chi connectivity index (χ2v) is 10.1. The number of aromatic nitrogens is 2. The molecule has 1 amide bonds. The van der Waals surface area contributed by atoms with Gasteiger partial charge < -0.3 is 5.32 Å². The number of amides is 1. The van der Waals surface area contributed by atoms with E-state index in [4.69, 9.17) is 23.2 Å². The van der Waals surface area contributed by atoms with E-state index in [1.807, 2.05) is 30.3 Å². The summed E-state index contributed by atoms with van der Waals surface area (Å²) < 4.78 is 27.3. The van der Waals surface area contributed by atoms with Gasteiger partial charge in [-0.2, -0.15) is 4.31 Å². The molecular weight excluding hydrogens is 471 g/mol. The van der Waals surface area contributed by atoms with E-state index in [1.165, 1.54) is 16.4 Å². The number of anilines is 1. The second-order valence-electron chi connectivity index (χ2n) is 7.38. The Hall–Kier alpha value is -2.52. The molecule has 1 aliphatic heterocycles. The number of sulfonamides is 1. The Morgan fingerprint density at radius 1 is 0.938 bits per heavy atom. The zero-order valence-electron chi connectivity index (χ0n) is 16.9. The summed E-state index contributed by atoms with van der Waals surface area (Å²) in [6, 6.07) is 14.1. The van der Waals surface area contributed by atoms with E-state index in [-0.39, 0.29) is 39.9 Å². The molecule has 2 heterocycles. The first-order valence-electron chi connectivity index (χ1n) is 9.99. The van der Waals surface area contributed by atoms with E-state index in [9.17, 15) is 13.2 Å². The maximum absolute atomic E-state index is 13.0. The molecule has 7 nitrogen and oxygen atoms in total. The number of hydrogen-bond donors (Lipinski definition) is 1. The van der Waals surface area contributed by atoms with Crippen LogP contribution < -0.4 is 5.32 Å². The number of halogens is 2. The number of nitrogens with one attached hydrogen (secondary N) is 1. The Labute approximate surface area is 196 Å². The average molecular weight is 491 g/mol. The summed E-state index contributed by atoms with van der Waals surface area (Å²) in [5, 5.41) is 2.98. The van der Waals surface area contributed by atoms with Crippen molar-refractivity contribution in [1.29, 1.82) is 0 Å². The fourth-order valence-electron chi connectivity index (χ4n) is 3.59. The fraction of sp³-hybridized carbons (Fsp3) is 0.227. The van der Waals surface area contributed by atoms with Gasteiger partial charge in [-0.3, -0.25) is 4.79 Å². The molecule has 0 spiro atoms. The predicted octanol–water partition coefficient (Wildman–Crippen LogP) is 4.49. The molecule has 0 bridgehead atoms. The molecule has 0 atom stereocenters. The number of carbonyl (C=O) groups is 1. The first kappa shape index (κ1) is 22.7. The first-order valence-corrected chi connectivity index (χ1v) is 12.2. The Balaban J connectivity index is 1.38. The molecule has 0 saturated carbocycles. The second kappa shape index (κ2) is 9.54. The van der Waals surface area contributed by atoms with E-state index >= 15 is 0 Å². The summed E-state index contributed by atoms with van der Waals surface area (Å²) in [7, 11) is -3.84. The molecule has 1 saturated heterocycles. The van der Waals surface area contributed by atoms with Crippen LogP contribution in [0.2, 0.25) is 10.0 Å². The van der Waals surface area contributed by atoms with Gasteiger partial charge in [-0.05, 0) is 25.0 Å². The van der Waals surface area contributed by atoms with Gasteiger partial charge in [0.05, 0.1) is 28.1 Å². The van der Waals surface area contributed by atoms with E-state index < -0.39 is 10.0 Å². The van der Waals surface area contributed by atoms with Gasteiger partial charge in [-0.1, -0.05) is 59.6 Å². The van der Waals surface area contributed by atoms with Gasteiger partial charge in [0, 0.05) is 24.6 Å². The van der Waals surface area contributed by atoms with Gasteiger partial charge in [0.2, 0.25) is 15.9 Å². The van der Waals surface area contributed by atoms with Gasteiger partial charge in [0.15, 0.2) is 5.82 Å². The molecule has 32 heavy (non-hydrogen) atoms. The molecule has 4 rings (SSSR count). The Morgan fingerprint density at radius 2 is 1.53 bits per heavy atom. The van der Waals surface area contributed by atoms with Crippen molar-refractivity contribution in [3.63, 3.8) is 0 Å². The molecule has 0 unspecified atom stereocenters. The maximum atomic E-state index is 13.0. The molecule has 166 valence electrons. The van der Waals surface area contributed by atoms with Crippen molar-refractivity contribution < 1.29 is 13.2 Å². The number of benzene rings is 2. The maximum Gasteiger partial charge on any atom is 0.246 e. The number of nitrogens with zero attached hydrogens (tertiary/aromatic N) is 3. The van der Waals surface area contributed by atoms with Crippen molar-refractivity contribution in [2.75, 3.05) is 18.4 Å². The van der Waals surface area contributed by atoms with Crippen molar-refractivity contribution in [2.24, 2.45) is 5.92 Å². The van der Waals surface area contributed by atoms with Gasteiger partial charge in [0.25, 0.3) is 0 Å². The van der Waals surface area contributed by atoms with Gasteiger partial charge in [-0.25, -0.2) is 18.4 Å². The summed E-state index contributed by atoms with van der Waals surface area (Å²) in [4.78, 5) is 21.2. The van der Waals surface area contributed by atoms with Crippen molar-refractivity contribution in [3.05, 3.63) is 71.0 Å². The molecular formula is C22H20Cl2N4O3S. The minimum Gasteiger partial charge on any atom is -0.323 e. The lowest BCUT2D eigenvalue weighted by Crippen LogP contribution is -2.41. The summed E-state index contributed by atoms with van der Waals surface area (Å²) >= 11 is 12.2. The highest BCUT2D eigenvalue weighted by Gasteiger charge is 2.34. The summed E-state index contributed by atoms with van der Waals surface area (Å²) in [5.41, 5.74) is 1.38. The lowest BCUT2D eigenvalue weighted by Gasteiger charge is -2.31. The third kappa shape index (κ3) is 4.78. The molecule has 1 N–H and O–H groups in total. The zero-order chi connectivity index (χ0) is 22.7. The van der Waals surface area contributed by atoms with Gasteiger partial charge in [-0.15, -0.1) is 0 Å². The molecule has 10 heteroatoms. The molecule has 0 radical (unpaired) electrons. The molecule has 2 aromatic carbocycles. The lowest BCUT2D eigenvalue weighted by atomic mass is 9.97. The summed E-state index contributed by atoms with van der Waals surface area (Å²) in [5.74, 6) is 0.0613. The monoisotopic (exact) mass is 490 g/mol. The number of piperidine rings is 1. The number of carbonyl (C=O) groups excluding carboxylic acids is 1. The minimum atomic E-state index is -3.84. The highest BCUT2D eigenvalue weighted by atomic mass is 35.5. The first-order chi connectivity index (χ1) is 15.4. The van der Waals surface area contributed by atoms with Crippen LogP contribution in [-0.4, -0.2) is 41.7 Å². The van der Waals surface area contributed by atoms with Crippen LogP contribution in [0.15, 0.2) is 65.8 Å². The molecule has 0 aliphatic carbocycles. The quantitative estimate of drug-likeness (QED) is 0.568. The van der Waals surface area contributed by atoms with Crippen LogP contribution in [0.1, 0.15) is 12.8 Å². The van der Waals surface area contributed by atoms with E-state index in [0.717, 1.165) is 5.56 Å². The average Bonchev–Trinajstić information content (AvgIpc) is 2.80. The highest BCUT2D eigenvalue weighted by molar-refractivity contribution is 7.89. The Kier molecular flexibility index (Phi) is 6.76. The van der Waals surface area contributed by atoms with Crippen LogP contribution in [0.3, 0.4) is 0 Å². The molecule has 1 aromatic heterocycles. The van der Waals surface area contributed by atoms with Crippen LogP contribution in [0.4, 0.5) is 5.69 Å². The zero-order valence-corrected chi connectivity index (χ0v) is 19.2. The largest absolute Gasteiger partial charge is 0.323 e. The number of hydrogen-bond acceptors (Lipinski definition) is 5. The van der Waals surface area contributed by atoms with E-state index in [0.29, 0.717) is 24.4 Å². The van der Waals surface area contributed by atoms with Gasteiger partial charge >= 0.3 is 0 Å². The van der Waals surface area contributed by atoms with Crippen molar-refractivity contribution >= 4 is 44.8 Å². The highest BCUT2D eigenvalue weighted by Crippen LogP contribution is 2.33. The van der Waals surface area contributed by atoms with Crippen LogP contribution in [-0.2, 0) is 14.8 Å². The lowest BCUT2D eigenvalue weighted by molar-refractivity contribution is -0.120. The van der Waals surface area contributed by atoms with Crippen molar-refractivity contribution in [1.82, 2.24) is 14.3 Å². The Bertz CT molecular complexity index is 1190. The normalized spacial score (nSPS) is 15.4. The van der Waals surface area contributed by atoms with E-state index in [2.05, 4.69) is 15.3 Å². The van der Waals surface area contributed by atoms with Crippen LogP contribution in [0, 0.1) is 5.92 Å². The predicted molar refractivity (Wildman–Crippen MR) is 124 cm³/mol. The summed E-state index contributed by atoms with van der Waals surface area (Å²) in [6.45, 7) is 0.400. The van der Waals surface area contributed by atoms with Crippen molar-refractivity contribution in [3.8, 4) is 11.4 Å². The molecule has 3 aromatic rings. The van der Waals surface area contributed by atoms with Crippen LogP contribution in [0.5, 0.6) is 0 Å². The molecule has 1 fully saturated rings.